The van der Waals surface area contributed by atoms with Gasteiger partial charge < -0.3 is 14.7 Å². The van der Waals surface area contributed by atoms with Crippen LogP contribution in [-0.4, -0.2) is 43.2 Å². The van der Waals surface area contributed by atoms with Gasteiger partial charge in [-0.25, -0.2) is 4.79 Å². The summed E-state index contributed by atoms with van der Waals surface area (Å²) < 4.78 is 43.0. The molecule has 106 valence electrons. The number of benzene rings is 1. The smallest absolute Gasteiger partial charge is 0.417 e. The maximum atomic E-state index is 12.6. The molecule has 0 heterocycles. The Balaban J connectivity index is 2.94. The van der Waals surface area contributed by atoms with Crippen LogP contribution in [0.2, 0.25) is 0 Å². The molecule has 0 saturated carbocycles. The Morgan fingerprint density at radius 3 is 2.47 bits per heavy atom. The molecule has 1 N–H and O–H groups in total. The largest absolute Gasteiger partial charge is 0.492 e. The Morgan fingerprint density at radius 1 is 1.37 bits per heavy atom. The fraction of sp³-hybridized carbons (Fsp3) is 0.417. The predicted molar refractivity (Wildman–Crippen MR) is 62.5 cm³/mol. The van der Waals surface area contributed by atoms with E-state index < -0.39 is 23.3 Å². The van der Waals surface area contributed by atoms with Crippen LogP contribution in [0.15, 0.2) is 18.2 Å². The number of nitrogens with zero attached hydrogens (tertiary/aromatic N) is 1. The number of alkyl halides is 3. The molecule has 0 amide bonds. The lowest BCUT2D eigenvalue weighted by Gasteiger charge is -2.14. The summed E-state index contributed by atoms with van der Waals surface area (Å²) in [7, 11) is 3.64. The van der Waals surface area contributed by atoms with Crippen LogP contribution in [0.4, 0.5) is 13.2 Å². The summed E-state index contributed by atoms with van der Waals surface area (Å²) in [6.07, 6.45) is -4.70. The molecule has 0 aliphatic heterocycles. The van der Waals surface area contributed by atoms with Crippen LogP contribution in [0.3, 0.4) is 0 Å². The molecule has 0 aliphatic carbocycles. The zero-order chi connectivity index (χ0) is 14.6. The zero-order valence-corrected chi connectivity index (χ0v) is 10.5. The summed E-state index contributed by atoms with van der Waals surface area (Å²) in [6, 6.07) is 2.72. The lowest BCUT2D eigenvalue weighted by Crippen LogP contribution is -2.19. The molecule has 0 spiro atoms. The van der Waals surface area contributed by atoms with Gasteiger partial charge in [0, 0.05) is 6.54 Å². The average molecular weight is 277 g/mol. The van der Waals surface area contributed by atoms with Gasteiger partial charge >= 0.3 is 12.1 Å². The first-order valence-corrected chi connectivity index (χ1v) is 5.44. The maximum absolute atomic E-state index is 12.6. The molecule has 0 aromatic heterocycles. The van der Waals surface area contributed by atoms with E-state index >= 15 is 0 Å². The van der Waals surface area contributed by atoms with Crippen LogP contribution in [0.25, 0.3) is 0 Å². The van der Waals surface area contributed by atoms with Gasteiger partial charge in [-0.3, -0.25) is 0 Å². The standard InChI is InChI=1S/C12H14F3NO3/c1-16(2)5-6-19-8-3-4-10(12(13,14)15)9(7-8)11(17)18/h3-4,7H,5-6H2,1-2H3,(H,17,18). The molecular weight excluding hydrogens is 263 g/mol. The monoisotopic (exact) mass is 277 g/mol. The number of ether oxygens (including phenoxy) is 1. The second-order valence-electron chi connectivity index (χ2n) is 4.16. The van der Waals surface area contributed by atoms with Crippen molar-refractivity contribution < 1.29 is 27.8 Å². The van der Waals surface area contributed by atoms with Gasteiger partial charge in [-0.05, 0) is 32.3 Å². The maximum Gasteiger partial charge on any atom is 0.417 e. The summed E-state index contributed by atoms with van der Waals surface area (Å²) in [6.45, 7) is 0.834. The summed E-state index contributed by atoms with van der Waals surface area (Å²) in [5.41, 5.74) is -1.99. The lowest BCUT2D eigenvalue weighted by atomic mass is 10.1. The van der Waals surface area contributed by atoms with Crippen LogP contribution in [0.5, 0.6) is 5.75 Å². The van der Waals surface area contributed by atoms with Crippen LogP contribution in [0, 0.1) is 0 Å². The van der Waals surface area contributed by atoms with Crippen LogP contribution in [-0.2, 0) is 6.18 Å². The highest BCUT2D eigenvalue weighted by atomic mass is 19.4. The Hall–Kier alpha value is -1.76. The van der Waals surface area contributed by atoms with Gasteiger partial charge in [0.15, 0.2) is 0 Å². The Kier molecular flexibility index (Phi) is 4.77. The normalized spacial score (nSPS) is 11.7. The Morgan fingerprint density at radius 2 is 2.00 bits per heavy atom. The van der Waals surface area contributed by atoms with Crippen molar-refractivity contribution in [3.63, 3.8) is 0 Å². The number of carboxylic acids is 1. The highest BCUT2D eigenvalue weighted by Gasteiger charge is 2.35. The molecule has 0 radical (unpaired) electrons. The third kappa shape index (κ3) is 4.44. The lowest BCUT2D eigenvalue weighted by molar-refractivity contribution is -0.138. The van der Waals surface area contributed by atoms with Crippen LogP contribution in [0.1, 0.15) is 15.9 Å². The summed E-state index contributed by atoms with van der Waals surface area (Å²) in [4.78, 5) is 12.7. The molecule has 0 bridgehead atoms. The molecule has 1 rings (SSSR count). The number of rotatable bonds is 5. The van der Waals surface area contributed by atoms with E-state index in [4.69, 9.17) is 9.84 Å². The minimum absolute atomic E-state index is 0.104. The molecule has 0 saturated heterocycles. The van der Waals surface area contributed by atoms with Gasteiger partial charge in [-0.1, -0.05) is 0 Å². The second kappa shape index (κ2) is 5.92. The van der Waals surface area contributed by atoms with Crippen molar-refractivity contribution in [2.24, 2.45) is 0 Å². The molecular formula is C12H14F3NO3. The van der Waals surface area contributed by atoms with E-state index in [9.17, 15) is 18.0 Å². The van der Waals surface area contributed by atoms with E-state index in [1.54, 1.807) is 0 Å². The van der Waals surface area contributed by atoms with Crippen LogP contribution < -0.4 is 4.74 Å². The topological polar surface area (TPSA) is 49.8 Å². The predicted octanol–water partition coefficient (Wildman–Crippen LogP) is 2.34. The van der Waals surface area contributed by atoms with Crippen molar-refractivity contribution >= 4 is 5.97 Å². The first-order valence-electron chi connectivity index (χ1n) is 5.44. The summed E-state index contributed by atoms with van der Waals surface area (Å²) >= 11 is 0. The van der Waals surface area contributed by atoms with Gasteiger partial charge in [-0.2, -0.15) is 13.2 Å². The molecule has 0 aliphatic rings. The van der Waals surface area contributed by atoms with Crippen molar-refractivity contribution in [2.75, 3.05) is 27.2 Å². The third-order valence-corrected chi connectivity index (χ3v) is 2.33. The SMILES string of the molecule is CN(C)CCOc1ccc(C(F)(F)F)c(C(=O)O)c1. The van der Waals surface area contributed by atoms with Gasteiger partial charge in [0.1, 0.15) is 12.4 Å². The first kappa shape index (κ1) is 15.3. The molecule has 0 atom stereocenters. The highest BCUT2D eigenvalue weighted by molar-refractivity contribution is 5.90. The number of hydrogen-bond acceptors (Lipinski definition) is 3. The van der Waals surface area contributed by atoms with Crippen molar-refractivity contribution in [3.8, 4) is 5.75 Å². The average Bonchev–Trinajstić information content (AvgIpc) is 2.26. The van der Waals surface area contributed by atoms with E-state index in [0.717, 1.165) is 12.1 Å². The Labute approximate surface area is 108 Å². The van der Waals surface area contributed by atoms with Crippen molar-refractivity contribution in [3.05, 3.63) is 29.3 Å². The first-order chi connectivity index (χ1) is 8.71. The molecule has 1 aromatic carbocycles. The number of hydrogen-bond donors (Lipinski definition) is 1. The summed E-state index contributed by atoms with van der Waals surface area (Å²) in [5, 5.41) is 8.80. The number of aromatic carboxylic acids is 1. The number of carbonyl (C=O) groups is 1. The van der Waals surface area contributed by atoms with Gasteiger partial charge in [0.25, 0.3) is 0 Å². The Bertz CT molecular complexity index is 458. The van der Waals surface area contributed by atoms with Crippen molar-refractivity contribution in [1.29, 1.82) is 0 Å². The number of halogens is 3. The van der Waals surface area contributed by atoms with E-state index in [1.165, 1.54) is 0 Å². The molecule has 1 aromatic rings. The van der Waals surface area contributed by atoms with Crippen LogP contribution >= 0.6 is 0 Å². The fourth-order valence-corrected chi connectivity index (χ4v) is 1.38. The zero-order valence-electron chi connectivity index (χ0n) is 10.5. The molecule has 4 nitrogen and oxygen atoms in total. The molecule has 0 unspecified atom stereocenters. The van der Waals surface area contributed by atoms with Crippen molar-refractivity contribution in [1.82, 2.24) is 4.90 Å². The van der Waals surface area contributed by atoms with Gasteiger partial charge in [0.2, 0.25) is 0 Å². The van der Waals surface area contributed by atoms with Gasteiger partial charge in [-0.15, -0.1) is 0 Å². The fourth-order valence-electron chi connectivity index (χ4n) is 1.38. The van der Waals surface area contributed by atoms with E-state index in [2.05, 4.69) is 0 Å². The minimum Gasteiger partial charge on any atom is -0.492 e. The van der Waals surface area contributed by atoms with Gasteiger partial charge in [0.05, 0.1) is 11.1 Å². The quantitative estimate of drug-likeness (QED) is 0.897. The number of likely N-dealkylation sites (N-methyl/N-ethyl adjacent to an activating group) is 1. The van der Waals surface area contributed by atoms with E-state index in [-0.39, 0.29) is 12.4 Å². The molecule has 19 heavy (non-hydrogen) atoms. The van der Waals surface area contributed by atoms with E-state index in [1.807, 2.05) is 19.0 Å². The molecule has 0 fully saturated rings. The number of carboxylic acid groups (broad SMARTS) is 1. The third-order valence-electron chi connectivity index (χ3n) is 2.33. The highest BCUT2D eigenvalue weighted by Crippen LogP contribution is 2.33. The summed E-state index contributed by atoms with van der Waals surface area (Å²) in [5.74, 6) is -1.53. The van der Waals surface area contributed by atoms with Crippen molar-refractivity contribution in [2.45, 2.75) is 6.18 Å². The molecule has 7 heteroatoms. The van der Waals surface area contributed by atoms with E-state index in [0.29, 0.717) is 12.6 Å². The minimum atomic E-state index is -4.70. The second-order valence-corrected chi connectivity index (χ2v) is 4.16.